The second-order valence-electron chi connectivity index (χ2n) is 6.20. The van der Waals surface area contributed by atoms with Crippen molar-refractivity contribution in [2.24, 2.45) is 7.05 Å². The van der Waals surface area contributed by atoms with E-state index in [2.05, 4.69) is 16.8 Å². The maximum atomic E-state index is 13.0. The van der Waals surface area contributed by atoms with Crippen LogP contribution in [0.1, 0.15) is 26.3 Å². The Morgan fingerprint density at radius 1 is 0.964 bits per heavy atom. The second-order valence-corrected chi connectivity index (χ2v) is 6.20. The molecule has 1 radical (unpaired) electrons. The first-order chi connectivity index (χ1) is 13.6. The van der Waals surface area contributed by atoms with Crippen molar-refractivity contribution in [2.75, 3.05) is 0 Å². The molecule has 1 N–H and O–H groups in total. The number of ketones is 1. The van der Waals surface area contributed by atoms with E-state index in [0.717, 1.165) is 5.52 Å². The number of hydrogen-bond acceptors (Lipinski definition) is 4. The molecule has 0 bridgehead atoms. The molecule has 4 rings (SSSR count). The molecular formula is C22H16N3O3. The highest BCUT2D eigenvalue weighted by atomic mass is 16.7. The van der Waals surface area contributed by atoms with Crippen molar-refractivity contribution in [1.29, 1.82) is 0 Å². The molecule has 0 atom stereocenters. The average molecular weight is 370 g/mol. The molecule has 6 heteroatoms. The molecule has 3 aromatic carbocycles. The zero-order valence-electron chi connectivity index (χ0n) is 15.0. The van der Waals surface area contributed by atoms with Crippen molar-refractivity contribution in [3.63, 3.8) is 0 Å². The highest BCUT2D eigenvalue weighted by molar-refractivity contribution is 6.15. The smallest absolute Gasteiger partial charge is 0.284 e. The topological polar surface area (TPSA) is 73.2 Å². The van der Waals surface area contributed by atoms with Gasteiger partial charge in [-0.3, -0.25) is 9.59 Å². The largest absolute Gasteiger partial charge is 0.379 e. The Labute approximate surface area is 161 Å². The van der Waals surface area contributed by atoms with Gasteiger partial charge in [0.2, 0.25) is 0 Å². The van der Waals surface area contributed by atoms with Crippen molar-refractivity contribution in [1.82, 2.24) is 15.0 Å². The summed E-state index contributed by atoms with van der Waals surface area (Å²) in [6.07, 6.45) is 2.82. The summed E-state index contributed by atoms with van der Waals surface area (Å²) >= 11 is 0. The molecule has 0 unspecified atom stereocenters. The first kappa shape index (κ1) is 17.5. The average Bonchev–Trinajstić information content (AvgIpc) is 3.12. The van der Waals surface area contributed by atoms with Gasteiger partial charge in [-0.2, -0.15) is 5.48 Å². The van der Waals surface area contributed by atoms with E-state index in [1.54, 1.807) is 65.2 Å². The summed E-state index contributed by atoms with van der Waals surface area (Å²) in [5.74, 6) is -0.269. The third-order valence-corrected chi connectivity index (χ3v) is 4.34. The van der Waals surface area contributed by atoms with E-state index in [1.807, 2.05) is 19.2 Å². The van der Waals surface area contributed by atoms with E-state index in [-0.39, 0.29) is 16.9 Å². The number of nitrogens with zero attached hydrogens (tertiary/aromatic N) is 2. The van der Waals surface area contributed by atoms with Crippen LogP contribution in [0.15, 0.2) is 72.8 Å². The standard InChI is InChI=1S/C22H16N3O3/c1-25-14-23-19-13-15(11-12-20(19)25)21(26)17-9-5-6-10-18(17)22(27)24-28-16-7-3-2-4-8-16/h2-13H,1H3,(H,24,27). The van der Waals surface area contributed by atoms with Gasteiger partial charge in [0, 0.05) is 18.2 Å². The SMILES string of the molecule is Cn1[c]nc2cc(C(=O)c3ccccc3C(=O)NOc3ccccc3)ccc21. The highest BCUT2D eigenvalue weighted by Crippen LogP contribution is 2.19. The van der Waals surface area contributed by atoms with Crippen molar-refractivity contribution in [3.8, 4) is 5.75 Å². The molecular weight excluding hydrogens is 354 g/mol. The lowest BCUT2D eigenvalue weighted by Crippen LogP contribution is -2.28. The number of aryl methyl sites for hydroxylation is 1. The Morgan fingerprint density at radius 3 is 2.46 bits per heavy atom. The minimum atomic E-state index is -0.500. The van der Waals surface area contributed by atoms with Gasteiger partial charge in [0.25, 0.3) is 5.91 Å². The van der Waals surface area contributed by atoms with Crippen LogP contribution in [-0.2, 0) is 7.05 Å². The highest BCUT2D eigenvalue weighted by Gasteiger charge is 2.19. The molecule has 1 amide bonds. The van der Waals surface area contributed by atoms with E-state index < -0.39 is 5.91 Å². The first-order valence-electron chi connectivity index (χ1n) is 8.63. The van der Waals surface area contributed by atoms with Gasteiger partial charge < -0.3 is 9.40 Å². The van der Waals surface area contributed by atoms with E-state index in [0.29, 0.717) is 16.8 Å². The van der Waals surface area contributed by atoms with Gasteiger partial charge in [-0.25, -0.2) is 4.98 Å². The molecule has 1 aromatic heterocycles. The molecule has 0 aliphatic carbocycles. The second kappa shape index (κ2) is 7.36. The zero-order chi connectivity index (χ0) is 19.5. The third kappa shape index (κ3) is 3.35. The van der Waals surface area contributed by atoms with Crippen molar-refractivity contribution in [2.45, 2.75) is 0 Å². The van der Waals surface area contributed by atoms with Gasteiger partial charge in [-0.05, 0) is 36.4 Å². The molecule has 0 aliphatic heterocycles. The van der Waals surface area contributed by atoms with Crippen LogP contribution in [-0.4, -0.2) is 21.2 Å². The lowest BCUT2D eigenvalue weighted by Gasteiger charge is -2.10. The number of carbonyl (C=O) groups is 2. The Balaban J connectivity index is 1.60. The van der Waals surface area contributed by atoms with Crippen LogP contribution in [0.2, 0.25) is 0 Å². The van der Waals surface area contributed by atoms with Gasteiger partial charge in [0.1, 0.15) is 0 Å². The quantitative estimate of drug-likeness (QED) is 0.432. The summed E-state index contributed by atoms with van der Waals surface area (Å²) in [6, 6.07) is 20.7. The van der Waals surface area contributed by atoms with Crippen LogP contribution in [0.5, 0.6) is 5.75 Å². The van der Waals surface area contributed by atoms with Gasteiger partial charge in [-0.15, -0.1) is 0 Å². The maximum Gasteiger partial charge on any atom is 0.284 e. The fourth-order valence-corrected chi connectivity index (χ4v) is 2.90. The van der Waals surface area contributed by atoms with Crippen LogP contribution in [0.3, 0.4) is 0 Å². The first-order valence-corrected chi connectivity index (χ1v) is 8.63. The molecule has 4 aromatic rings. The number of benzene rings is 3. The molecule has 0 saturated heterocycles. The summed E-state index contributed by atoms with van der Waals surface area (Å²) in [5, 5.41) is 0. The molecule has 0 spiro atoms. The fraction of sp³-hybridized carbons (Fsp3) is 0.0455. The van der Waals surface area contributed by atoms with E-state index >= 15 is 0 Å². The Bertz CT molecular complexity index is 1170. The lowest BCUT2D eigenvalue weighted by atomic mass is 9.98. The van der Waals surface area contributed by atoms with E-state index in [9.17, 15) is 9.59 Å². The summed E-state index contributed by atoms with van der Waals surface area (Å²) < 4.78 is 1.76. The van der Waals surface area contributed by atoms with Crippen molar-refractivity contribution in [3.05, 3.63) is 95.8 Å². The number of rotatable bonds is 5. The number of hydrogen-bond donors (Lipinski definition) is 1. The molecule has 6 nitrogen and oxygen atoms in total. The number of carbonyl (C=O) groups excluding carboxylic acids is 2. The van der Waals surface area contributed by atoms with Crippen LogP contribution in [0, 0.1) is 6.33 Å². The van der Waals surface area contributed by atoms with Crippen LogP contribution < -0.4 is 10.3 Å². The predicted molar refractivity (Wildman–Crippen MR) is 104 cm³/mol. The third-order valence-electron chi connectivity index (χ3n) is 4.34. The Hall–Kier alpha value is -3.93. The number of aromatic nitrogens is 2. The molecule has 1 heterocycles. The van der Waals surface area contributed by atoms with Gasteiger partial charge in [-0.1, -0.05) is 36.4 Å². The molecule has 28 heavy (non-hydrogen) atoms. The van der Waals surface area contributed by atoms with Crippen LogP contribution in [0.4, 0.5) is 0 Å². The number of fused-ring (bicyclic) bond motifs is 1. The summed E-state index contributed by atoms with van der Waals surface area (Å²) in [6.45, 7) is 0. The monoisotopic (exact) mass is 370 g/mol. The summed E-state index contributed by atoms with van der Waals surface area (Å²) in [7, 11) is 1.84. The predicted octanol–water partition coefficient (Wildman–Crippen LogP) is 3.33. The van der Waals surface area contributed by atoms with Crippen molar-refractivity contribution < 1.29 is 14.4 Å². The van der Waals surface area contributed by atoms with Crippen molar-refractivity contribution >= 4 is 22.7 Å². The molecule has 0 aliphatic rings. The van der Waals surface area contributed by atoms with Gasteiger partial charge in [0.05, 0.1) is 16.6 Å². The van der Waals surface area contributed by atoms with Gasteiger partial charge in [0.15, 0.2) is 17.9 Å². The summed E-state index contributed by atoms with van der Waals surface area (Å²) in [4.78, 5) is 35.1. The molecule has 137 valence electrons. The van der Waals surface area contributed by atoms with E-state index in [1.165, 1.54) is 0 Å². The fourth-order valence-electron chi connectivity index (χ4n) is 2.90. The molecule has 0 saturated carbocycles. The molecule has 0 fully saturated rings. The number of para-hydroxylation sites is 1. The Morgan fingerprint density at radius 2 is 1.68 bits per heavy atom. The normalized spacial score (nSPS) is 10.6. The Kier molecular flexibility index (Phi) is 4.60. The number of nitrogens with one attached hydrogen (secondary N) is 1. The number of amides is 1. The number of imidazole rings is 1. The number of hydroxylamine groups is 1. The van der Waals surface area contributed by atoms with Gasteiger partial charge >= 0.3 is 0 Å². The maximum absolute atomic E-state index is 13.0. The van der Waals surface area contributed by atoms with E-state index in [4.69, 9.17) is 4.84 Å². The van der Waals surface area contributed by atoms with Crippen LogP contribution in [0.25, 0.3) is 11.0 Å². The van der Waals surface area contributed by atoms with Crippen LogP contribution >= 0.6 is 0 Å². The minimum absolute atomic E-state index is 0.233. The minimum Gasteiger partial charge on any atom is -0.379 e. The zero-order valence-corrected chi connectivity index (χ0v) is 15.0. The lowest BCUT2D eigenvalue weighted by molar-refractivity contribution is 0.0756. The summed E-state index contributed by atoms with van der Waals surface area (Å²) in [5.41, 5.74) is 4.89.